The molecular weight excluding hydrogens is 238 g/mol. The summed E-state index contributed by atoms with van der Waals surface area (Å²) in [6.45, 7) is 4.45. The van der Waals surface area contributed by atoms with Crippen LogP contribution in [0.5, 0.6) is 0 Å². The van der Waals surface area contributed by atoms with Crippen molar-refractivity contribution in [2.75, 3.05) is 40.4 Å². The molecule has 1 atom stereocenters. The Balaban J connectivity index is 1.57. The minimum Gasteiger partial charge on any atom is -0.374 e. The Bertz CT molecular complexity index is 364. The monoisotopic (exact) mass is 264 g/mol. The predicted octanol–water partition coefficient (Wildman–Crippen LogP) is 2.46. The molecule has 1 aromatic rings. The first kappa shape index (κ1) is 14.5. The fourth-order valence-corrected chi connectivity index (χ4v) is 2.65. The van der Waals surface area contributed by atoms with Gasteiger partial charge in [0.15, 0.2) is 0 Å². The van der Waals surface area contributed by atoms with Gasteiger partial charge in [-0.3, -0.25) is 0 Å². The molecule has 19 heavy (non-hydrogen) atoms. The minimum atomic E-state index is 0.407. The van der Waals surface area contributed by atoms with Gasteiger partial charge in [-0.15, -0.1) is 0 Å². The van der Waals surface area contributed by atoms with Crippen molar-refractivity contribution in [1.29, 1.82) is 0 Å². The maximum absolute atomic E-state index is 5.92. The van der Waals surface area contributed by atoms with E-state index < -0.39 is 0 Å². The first-order chi connectivity index (χ1) is 9.16. The lowest BCUT2D eigenvalue weighted by atomic mass is 10.1. The standard InChI is InChI=1S/C16H26NO2/c1-17(2)10-6-9-16(13-17)19-12-11-18-14-15-7-4-3-5-8-15/h3-5,7-8,16H,6,9-14H2,1-2H3/q+1. The van der Waals surface area contributed by atoms with Gasteiger partial charge in [0.2, 0.25) is 0 Å². The van der Waals surface area contributed by atoms with Crippen LogP contribution in [-0.2, 0) is 16.1 Å². The van der Waals surface area contributed by atoms with E-state index in [1.165, 1.54) is 24.9 Å². The molecule has 1 heterocycles. The smallest absolute Gasteiger partial charge is 0.107 e. The zero-order chi connectivity index (χ0) is 13.6. The number of likely N-dealkylation sites (tertiary alicyclic amines) is 1. The molecule has 1 unspecified atom stereocenters. The van der Waals surface area contributed by atoms with Crippen molar-refractivity contribution in [3.63, 3.8) is 0 Å². The molecule has 106 valence electrons. The van der Waals surface area contributed by atoms with Crippen LogP contribution in [0.2, 0.25) is 0 Å². The average Bonchev–Trinajstić information content (AvgIpc) is 2.38. The first-order valence-corrected chi connectivity index (χ1v) is 7.21. The number of ether oxygens (including phenoxy) is 2. The van der Waals surface area contributed by atoms with Gasteiger partial charge in [-0.05, 0) is 18.4 Å². The highest BCUT2D eigenvalue weighted by molar-refractivity contribution is 5.13. The summed E-state index contributed by atoms with van der Waals surface area (Å²) in [5.41, 5.74) is 1.22. The van der Waals surface area contributed by atoms with E-state index in [9.17, 15) is 0 Å². The van der Waals surface area contributed by atoms with E-state index in [2.05, 4.69) is 26.2 Å². The molecule has 0 bridgehead atoms. The second-order valence-corrected chi connectivity index (χ2v) is 6.02. The highest BCUT2D eigenvalue weighted by Crippen LogP contribution is 2.16. The second kappa shape index (κ2) is 7.04. The number of nitrogens with zero attached hydrogens (tertiary/aromatic N) is 1. The first-order valence-electron chi connectivity index (χ1n) is 7.21. The third-order valence-electron chi connectivity index (χ3n) is 3.68. The van der Waals surface area contributed by atoms with Gasteiger partial charge in [0, 0.05) is 0 Å². The number of quaternary nitrogens is 1. The summed E-state index contributed by atoms with van der Waals surface area (Å²) in [5.74, 6) is 0. The van der Waals surface area contributed by atoms with Gasteiger partial charge in [0.25, 0.3) is 0 Å². The number of hydrogen-bond donors (Lipinski definition) is 0. The maximum atomic E-state index is 5.92. The van der Waals surface area contributed by atoms with Gasteiger partial charge in [0.05, 0.1) is 40.5 Å². The number of benzene rings is 1. The van der Waals surface area contributed by atoms with E-state index in [-0.39, 0.29) is 0 Å². The summed E-state index contributed by atoms with van der Waals surface area (Å²) in [4.78, 5) is 0. The summed E-state index contributed by atoms with van der Waals surface area (Å²) in [7, 11) is 4.56. The molecule has 0 saturated carbocycles. The van der Waals surface area contributed by atoms with Crippen molar-refractivity contribution in [3.05, 3.63) is 35.9 Å². The summed E-state index contributed by atoms with van der Waals surface area (Å²) >= 11 is 0. The lowest BCUT2D eigenvalue weighted by Gasteiger charge is -2.37. The zero-order valence-electron chi connectivity index (χ0n) is 12.2. The van der Waals surface area contributed by atoms with Crippen molar-refractivity contribution in [2.24, 2.45) is 0 Å². The van der Waals surface area contributed by atoms with E-state index in [4.69, 9.17) is 9.47 Å². The molecule has 3 nitrogen and oxygen atoms in total. The summed E-state index contributed by atoms with van der Waals surface area (Å²) < 4.78 is 12.6. The van der Waals surface area contributed by atoms with Crippen LogP contribution < -0.4 is 0 Å². The third kappa shape index (κ3) is 5.31. The van der Waals surface area contributed by atoms with E-state index >= 15 is 0 Å². The topological polar surface area (TPSA) is 18.5 Å². The van der Waals surface area contributed by atoms with Gasteiger partial charge in [-0.2, -0.15) is 0 Å². The van der Waals surface area contributed by atoms with Crippen LogP contribution in [0.25, 0.3) is 0 Å². The van der Waals surface area contributed by atoms with Crippen LogP contribution in [0.1, 0.15) is 18.4 Å². The van der Waals surface area contributed by atoms with E-state index in [1.807, 2.05) is 18.2 Å². The van der Waals surface area contributed by atoms with Gasteiger partial charge in [-0.25, -0.2) is 0 Å². The van der Waals surface area contributed by atoms with Crippen LogP contribution >= 0.6 is 0 Å². The van der Waals surface area contributed by atoms with Gasteiger partial charge >= 0.3 is 0 Å². The Morgan fingerprint density at radius 1 is 1.16 bits per heavy atom. The van der Waals surface area contributed by atoms with Crippen molar-refractivity contribution < 1.29 is 14.0 Å². The van der Waals surface area contributed by atoms with Crippen LogP contribution in [0.3, 0.4) is 0 Å². The van der Waals surface area contributed by atoms with Crippen molar-refractivity contribution in [2.45, 2.75) is 25.6 Å². The second-order valence-electron chi connectivity index (χ2n) is 6.02. The van der Waals surface area contributed by atoms with Gasteiger partial charge in [0.1, 0.15) is 12.6 Å². The Morgan fingerprint density at radius 3 is 2.68 bits per heavy atom. The maximum Gasteiger partial charge on any atom is 0.107 e. The molecule has 2 rings (SSSR count). The van der Waals surface area contributed by atoms with Crippen LogP contribution in [0.15, 0.2) is 30.3 Å². The molecular formula is C16H26NO2+. The third-order valence-corrected chi connectivity index (χ3v) is 3.68. The van der Waals surface area contributed by atoms with Crippen LogP contribution in [0, 0.1) is 0 Å². The highest BCUT2D eigenvalue weighted by atomic mass is 16.5. The normalized spacial score (nSPS) is 22.3. The molecule has 1 aliphatic rings. The SMILES string of the molecule is C[N+]1(C)CCCC(OCCOCc2ccccc2)C1. The average molecular weight is 264 g/mol. The van der Waals surface area contributed by atoms with Crippen molar-refractivity contribution >= 4 is 0 Å². The molecule has 0 radical (unpaired) electrons. The molecule has 0 spiro atoms. The highest BCUT2D eigenvalue weighted by Gasteiger charge is 2.27. The van der Waals surface area contributed by atoms with Gasteiger partial charge in [-0.1, -0.05) is 30.3 Å². The Hall–Kier alpha value is -0.900. The van der Waals surface area contributed by atoms with E-state index in [0.29, 0.717) is 25.9 Å². The number of rotatable bonds is 6. The van der Waals surface area contributed by atoms with Crippen molar-refractivity contribution in [1.82, 2.24) is 0 Å². The van der Waals surface area contributed by atoms with Crippen molar-refractivity contribution in [3.8, 4) is 0 Å². The lowest BCUT2D eigenvalue weighted by Crippen LogP contribution is -2.50. The molecule has 1 aliphatic heterocycles. The number of hydrogen-bond acceptors (Lipinski definition) is 2. The molecule has 1 fully saturated rings. The van der Waals surface area contributed by atoms with Crippen LogP contribution in [-0.4, -0.2) is 51.0 Å². The number of likely N-dealkylation sites (N-methyl/N-ethyl adjacent to an activating group) is 1. The largest absolute Gasteiger partial charge is 0.374 e. The van der Waals surface area contributed by atoms with Crippen LogP contribution in [0.4, 0.5) is 0 Å². The Kier molecular flexibility index (Phi) is 5.37. The predicted molar refractivity (Wildman–Crippen MR) is 76.9 cm³/mol. The Morgan fingerprint density at radius 2 is 1.95 bits per heavy atom. The summed E-state index contributed by atoms with van der Waals surface area (Å²) in [5, 5.41) is 0. The molecule has 1 aromatic carbocycles. The quantitative estimate of drug-likeness (QED) is 0.580. The number of piperidine rings is 1. The molecule has 0 aromatic heterocycles. The van der Waals surface area contributed by atoms with E-state index in [1.54, 1.807) is 0 Å². The fourth-order valence-electron chi connectivity index (χ4n) is 2.65. The summed E-state index contributed by atoms with van der Waals surface area (Å²) in [6.07, 6.45) is 2.87. The lowest BCUT2D eigenvalue weighted by molar-refractivity contribution is -0.898. The van der Waals surface area contributed by atoms with E-state index in [0.717, 1.165) is 11.0 Å². The Labute approximate surface area is 116 Å². The fraction of sp³-hybridized carbons (Fsp3) is 0.625. The molecule has 0 amide bonds. The molecule has 3 heteroatoms. The minimum absolute atomic E-state index is 0.407. The molecule has 0 N–H and O–H groups in total. The van der Waals surface area contributed by atoms with Gasteiger partial charge < -0.3 is 14.0 Å². The molecule has 1 saturated heterocycles. The summed E-state index contributed by atoms with van der Waals surface area (Å²) in [6, 6.07) is 10.3. The molecule has 0 aliphatic carbocycles. The zero-order valence-corrected chi connectivity index (χ0v) is 12.2.